The van der Waals surface area contributed by atoms with Gasteiger partial charge < -0.3 is 5.73 Å². The van der Waals surface area contributed by atoms with E-state index < -0.39 is 14.1 Å². The number of urea groups is 1. The smallest absolute Gasteiger partial charge is 0.352 e. The minimum absolute atomic E-state index is 0.0266. The van der Waals surface area contributed by atoms with Gasteiger partial charge in [-0.1, -0.05) is 0 Å². The third kappa shape index (κ3) is 5.20. The molecule has 0 aliphatic carbocycles. The Bertz CT molecular complexity index is 126. The zero-order valence-electron chi connectivity index (χ0n) is 4.96. The standard InChI is InChI=1S/C3H7N2O3P/c1-8-9(7)2-5-3(4)6/h2H2,1H3,(H2-,4,5,6)/p+1. The first-order chi connectivity index (χ1) is 4.16. The first kappa shape index (κ1) is 8.33. The molecular formula is C3H8N2O3P+. The number of hydrogen-bond acceptors (Lipinski definition) is 3. The highest BCUT2D eigenvalue weighted by Gasteiger charge is 2.13. The molecule has 6 heteroatoms. The van der Waals surface area contributed by atoms with Crippen LogP contribution < -0.4 is 11.1 Å². The van der Waals surface area contributed by atoms with Gasteiger partial charge in [0.25, 0.3) is 6.29 Å². The predicted molar refractivity (Wildman–Crippen MR) is 32.2 cm³/mol. The maximum atomic E-state index is 10.4. The summed E-state index contributed by atoms with van der Waals surface area (Å²) in [7, 11) is -0.480. The highest BCUT2D eigenvalue weighted by Crippen LogP contribution is 2.16. The fourth-order valence-corrected chi connectivity index (χ4v) is 0.621. The van der Waals surface area contributed by atoms with Gasteiger partial charge in [0.2, 0.25) is 0 Å². The number of rotatable bonds is 3. The van der Waals surface area contributed by atoms with Gasteiger partial charge in [0.15, 0.2) is 0 Å². The predicted octanol–water partition coefficient (Wildman–Crippen LogP) is 0.00100. The molecule has 0 saturated heterocycles. The van der Waals surface area contributed by atoms with E-state index in [4.69, 9.17) is 0 Å². The molecule has 0 heterocycles. The van der Waals surface area contributed by atoms with Crippen molar-refractivity contribution in [2.24, 2.45) is 5.73 Å². The molecular weight excluding hydrogens is 143 g/mol. The number of nitrogens with one attached hydrogen (secondary N) is 1. The number of primary amides is 1. The van der Waals surface area contributed by atoms with Crippen LogP contribution >= 0.6 is 8.03 Å². The van der Waals surface area contributed by atoms with Gasteiger partial charge in [-0.2, -0.15) is 0 Å². The van der Waals surface area contributed by atoms with E-state index in [2.05, 4.69) is 15.6 Å². The van der Waals surface area contributed by atoms with Crippen LogP contribution in [-0.2, 0) is 9.09 Å². The molecule has 0 aromatic heterocycles. The van der Waals surface area contributed by atoms with Crippen LogP contribution in [0.1, 0.15) is 0 Å². The van der Waals surface area contributed by atoms with Crippen molar-refractivity contribution in [1.82, 2.24) is 5.32 Å². The van der Waals surface area contributed by atoms with Crippen molar-refractivity contribution in [2.75, 3.05) is 13.4 Å². The lowest BCUT2D eigenvalue weighted by Gasteiger charge is -1.86. The van der Waals surface area contributed by atoms with Crippen molar-refractivity contribution < 1.29 is 13.9 Å². The molecule has 0 aromatic carbocycles. The van der Waals surface area contributed by atoms with Gasteiger partial charge >= 0.3 is 14.1 Å². The number of hydrogen-bond donors (Lipinski definition) is 2. The van der Waals surface area contributed by atoms with E-state index >= 15 is 0 Å². The largest absolute Gasteiger partial charge is 0.529 e. The maximum absolute atomic E-state index is 10.4. The minimum Gasteiger partial charge on any atom is -0.352 e. The maximum Gasteiger partial charge on any atom is 0.529 e. The molecule has 0 aromatic rings. The van der Waals surface area contributed by atoms with Crippen LogP contribution in [-0.4, -0.2) is 19.4 Å². The molecule has 3 N–H and O–H groups in total. The molecule has 0 fully saturated rings. The van der Waals surface area contributed by atoms with Crippen LogP contribution in [0, 0.1) is 0 Å². The van der Waals surface area contributed by atoms with E-state index in [1.54, 1.807) is 0 Å². The second-order valence-electron chi connectivity index (χ2n) is 1.21. The summed E-state index contributed by atoms with van der Waals surface area (Å²) in [5.74, 6) is 0. The summed E-state index contributed by atoms with van der Waals surface area (Å²) in [5.41, 5.74) is 4.66. The van der Waals surface area contributed by atoms with E-state index in [1.165, 1.54) is 7.11 Å². The monoisotopic (exact) mass is 151 g/mol. The molecule has 0 saturated carbocycles. The third-order valence-corrected chi connectivity index (χ3v) is 1.41. The molecule has 2 amide bonds. The van der Waals surface area contributed by atoms with Crippen LogP contribution in [0.2, 0.25) is 0 Å². The average molecular weight is 151 g/mol. The zero-order valence-corrected chi connectivity index (χ0v) is 5.85. The third-order valence-electron chi connectivity index (χ3n) is 0.586. The first-order valence-corrected chi connectivity index (χ1v) is 3.55. The van der Waals surface area contributed by atoms with Gasteiger partial charge in [0.05, 0.1) is 7.11 Å². The van der Waals surface area contributed by atoms with Crippen molar-refractivity contribution in [3.63, 3.8) is 0 Å². The Morgan fingerprint density at radius 2 is 2.44 bits per heavy atom. The van der Waals surface area contributed by atoms with Crippen molar-refractivity contribution in [3.8, 4) is 0 Å². The van der Waals surface area contributed by atoms with Gasteiger partial charge in [-0.05, 0) is 4.57 Å². The number of nitrogens with two attached hydrogens (primary N) is 1. The van der Waals surface area contributed by atoms with Gasteiger partial charge in [-0.15, -0.1) is 4.52 Å². The van der Waals surface area contributed by atoms with E-state index in [-0.39, 0.29) is 6.29 Å². The van der Waals surface area contributed by atoms with Gasteiger partial charge in [0.1, 0.15) is 0 Å². The summed E-state index contributed by atoms with van der Waals surface area (Å²) >= 11 is 0. The summed E-state index contributed by atoms with van der Waals surface area (Å²) in [4.78, 5) is 9.95. The van der Waals surface area contributed by atoms with E-state index in [1.807, 2.05) is 0 Å². The Kier molecular flexibility index (Phi) is 3.92. The van der Waals surface area contributed by atoms with E-state index in [9.17, 15) is 9.36 Å². The fourth-order valence-electron chi connectivity index (χ4n) is 0.207. The second-order valence-corrected chi connectivity index (χ2v) is 2.56. The Balaban J connectivity index is 3.28. The van der Waals surface area contributed by atoms with Crippen molar-refractivity contribution >= 4 is 14.1 Å². The number of carbonyl (C=O) groups excluding carboxylic acids is 1. The van der Waals surface area contributed by atoms with E-state index in [0.29, 0.717) is 0 Å². The van der Waals surface area contributed by atoms with Crippen LogP contribution in [0.25, 0.3) is 0 Å². The van der Waals surface area contributed by atoms with Crippen molar-refractivity contribution in [1.29, 1.82) is 0 Å². The summed E-state index contributed by atoms with van der Waals surface area (Å²) in [6.07, 6.45) is -0.0266. The van der Waals surface area contributed by atoms with Gasteiger partial charge in [-0.25, -0.2) is 4.79 Å². The molecule has 52 valence electrons. The molecule has 9 heavy (non-hydrogen) atoms. The minimum atomic E-state index is -1.77. The normalized spacial score (nSPS) is 10.6. The SMILES string of the molecule is CO[P+](=O)CNC(N)=O. The van der Waals surface area contributed by atoms with Crippen LogP contribution in [0.5, 0.6) is 0 Å². The van der Waals surface area contributed by atoms with Crippen molar-refractivity contribution in [2.45, 2.75) is 0 Å². The van der Waals surface area contributed by atoms with Gasteiger partial charge in [-0.3, -0.25) is 5.32 Å². The van der Waals surface area contributed by atoms with Crippen LogP contribution in [0.4, 0.5) is 4.79 Å². The molecule has 0 rings (SSSR count). The zero-order chi connectivity index (χ0) is 7.28. The quantitative estimate of drug-likeness (QED) is 0.557. The Hall–Kier alpha value is -0.670. The Morgan fingerprint density at radius 1 is 1.89 bits per heavy atom. The van der Waals surface area contributed by atoms with E-state index in [0.717, 1.165) is 0 Å². The summed E-state index contributed by atoms with van der Waals surface area (Å²) < 4.78 is 14.7. The average Bonchev–Trinajstić information content (AvgIpc) is 1.83. The second kappa shape index (κ2) is 4.23. The molecule has 0 aliphatic heterocycles. The Labute approximate surface area is 53.4 Å². The van der Waals surface area contributed by atoms with Gasteiger partial charge in [0, 0.05) is 0 Å². The van der Waals surface area contributed by atoms with Crippen LogP contribution in [0.3, 0.4) is 0 Å². The topological polar surface area (TPSA) is 81.4 Å². The molecule has 1 atom stereocenters. The fraction of sp³-hybridized carbons (Fsp3) is 0.667. The molecule has 0 radical (unpaired) electrons. The summed E-state index contributed by atoms with van der Waals surface area (Å²) in [6.45, 7) is 0. The summed E-state index contributed by atoms with van der Waals surface area (Å²) in [6, 6.07) is -0.699. The molecule has 0 aliphatic rings. The molecule has 0 bridgehead atoms. The van der Waals surface area contributed by atoms with Crippen molar-refractivity contribution in [3.05, 3.63) is 0 Å². The lowest BCUT2D eigenvalue weighted by molar-refractivity contribution is 0.250. The van der Waals surface area contributed by atoms with Crippen LogP contribution in [0.15, 0.2) is 0 Å². The highest BCUT2D eigenvalue weighted by molar-refractivity contribution is 7.39. The highest BCUT2D eigenvalue weighted by atomic mass is 31.1. The molecule has 5 nitrogen and oxygen atoms in total. The Morgan fingerprint density at radius 3 is 2.78 bits per heavy atom. The lowest BCUT2D eigenvalue weighted by Crippen LogP contribution is -2.28. The number of carbonyl (C=O) groups is 1. The molecule has 0 spiro atoms. The lowest BCUT2D eigenvalue weighted by atomic mass is 11.0. The first-order valence-electron chi connectivity index (χ1n) is 2.19. The number of amides is 2. The summed E-state index contributed by atoms with van der Waals surface area (Å²) in [5, 5.41) is 2.13. The molecule has 1 unspecified atom stereocenters.